The van der Waals surface area contributed by atoms with Crippen molar-refractivity contribution in [2.45, 2.75) is 27.3 Å². The number of pyridine rings is 1. The van der Waals surface area contributed by atoms with Gasteiger partial charge in [-0.2, -0.15) is 0 Å². The standard InChI is InChI=1S/C23H26N4O2.HI/c1-4-28-20-7-9-21(10-8-20)29-22-14-18(11-12-25-22)15-26-23(24)27-19-6-5-16(2)17(3)13-19;/h5-14H,4,15H2,1-3H3,(H3,24,26,27);1H. The highest BCUT2D eigenvalue weighted by Crippen LogP contribution is 2.23. The second-order valence-corrected chi connectivity index (χ2v) is 6.63. The SMILES string of the molecule is CCOc1ccc(Oc2cc(CN=C(N)Nc3ccc(C)c(C)c3)ccn2)cc1.I. The van der Waals surface area contributed by atoms with Crippen molar-refractivity contribution in [3.05, 3.63) is 77.5 Å². The molecule has 0 aliphatic heterocycles. The average molecular weight is 518 g/mol. The van der Waals surface area contributed by atoms with Crippen LogP contribution in [0.1, 0.15) is 23.6 Å². The highest BCUT2D eigenvalue weighted by Gasteiger charge is 2.03. The van der Waals surface area contributed by atoms with Crippen LogP contribution < -0.4 is 20.5 Å². The van der Waals surface area contributed by atoms with Gasteiger partial charge in [0, 0.05) is 18.0 Å². The van der Waals surface area contributed by atoms with Crippen LogP contribution in [0.2, 0.25) is 0 Å². The van der Waals surface area contributed by atoms with E-state index in [9.17, 15) is 0 Å². The number of ether oxygens (including phenoxy) is 2. The minimum absolute atomic E-state index is 0. The van der Waals surface area contributed by atoms with E-state index in [1.165, 1.54) is 11.1 Å². The van der Waals surface area contributed by atoms with Crippen molar-refractivity contribution in [2.24, 2.45) is 10.7 Å². The minimum atomic E-state index is 0. The molecule has 3 aromatic rings. The molecule has 2 aromatic carbocycles. The van der Waals surface area contributed by atoms with Gasteiger partial charge in [-0.1, -0.05) is 6.07 Å². The smallest absolute Gasteiger partial charge is 0.219 e. The third-order valence-corrected chi connectivity index (χ3v) is 4.37. The predicted molar refractivity (Wildman–Crippen MR) is 132 cm³/mol. The van der Waals surface area contributed by atoms with Gasteiger partial charge in [0.05, 0.1) is 13.2 Å². The third-order valence-electron chi connectivity index (χ3n) is 4.37. The molecule has 0 radical (unpaired) electrons. The van der Waals surface area contributed by atoms with E-state index in [0.717, 1.165) is 17.0 Å². The fourth-order valence-corrected chi connectivity index (χ4v) is 2.68. The largest absolute Gasteiger partial charge is 0.494 e. The van der Waals surface area contributed by atoms with Crippen LogP contribution in [0.3, 0.4) is 0 Å². The quantitative estimate of drug-likeness (QED) is 0.248. The fraction of sp³-hybridized carbons (Fsp3) is 0.217. The van der Waals surface area contributed by atoms with Crippen molar-refractivity contribution in [1.29, 1.82) is 0 Å². The lowest BCUT2D eigenvalue weighted by Crippen LogP contribution is -2.22. The maximum Gasteiger partial charge on any atom is 0.219 e. The summed E-state index contributed by atoms with van der Waals surface area (Å²) in [5.41, 5.74) is 10.3. The summed E-state index contributed by atoms with van der Waals surface area (Å²) in [5.74, 6) is 2.36. The number of anilines is 1. The van der Waals surface area contributed by atoms with Crippen LogP contribution in [0.4, 0.5) is 5.69 Å². The molecule has 0 unspecified atom stereocenters. The van der Waals surface area contributed by atoms with E-state index in [-0.39, 0.29) is 24.0 Å². The highest BCUT2D eigenvalue weighted by molar-refractivity contribution is 14.0. The monoisotopic (exact) mass is 518 g/mol. The summed E-state index contributed by atoms with van der Waals surface area (Å²) in [7, 11) is 0. The molecule has 0 saturated carbocycles. The lowest BCUT2D eigenvalue weighted by Gasteiger charge is -2.09. The van der Waals surface area contributed by atoms with Gasteiger partial charge in [0.2, 0.25) is 5.88 Å². The van der Waals surface area contributed by atoms with Crippen LogP contribution in [0.15, 0.2) is 65.8 Å². The Morgan fingerprint density at radius 1 is 1.00 bits per heavy atom. The molecule has 158 valence electrons. The molecule has 0 saturated heterocycles. The van der Waals surface area contributed by atoms with Crippen LogP contribution in [0.5, 0.6) is 17.4 Å². The van der Waals surface area contributed by atoms with Crippen molar-refractivity contribution in [1.82, 2.24) is 4.98 Å². The number of benzene rings is 2. The third kappa shape index (κ3) is 6.91. The summed E-state index contributed by atoms with van der Waals surface area (Å²) < 4.78 is 11.3. The molecule has 30 heavy (non-hydrogen) atoms. The van der Waals surface area contributed by atoms with Gasteiger partial charge in [0.1, 0.15) is 11.5 Å². The molecule has 0 amide bonds. The number of hydrogen-bond acceptors (Lipinski definition) is 4. The molecule has 6 nitrogen and oxygen atoms in total. The molecule has 3 rings (SSSR count). The lowest BCUT2D eigenvalue weighted by atomic mass is 10.1. The molecule has 0 atom stereocenters. The molecule has 1 heterocycles. The highest BCUT2D eigenvalue weighted by atomic mass is 127. The van der Waals surface area contributed by atoms with Crippen LogP contribution in [-0.2, 0) is 6.54 Å². The Morgan fingerprint density at radius 2 is 1.73 bits per heavy atom. The predicted octanol–water partition coefficient (Wildman–Crippen LogP) is 5.43. The number of rotatable bonds is 7. The van der Waals surface area contributed by atoms with Crippen LogP contribution in [0.25, 0.3) is 0 Å². The molecular formula is C23H27IN4O2. The Morgan fingerprint density at radius 3 is 2.43 bits per heavy atom. The van der Waals surface area contributed by atoms with Gasteiger partial charge in [-0.05, 0) is 79.9 Å². The molecule has 0 bridgehead atoms. The van der Waals surface area contributed by atoms with E-state index < -0.39 is 0 Å². The zero-order valence-corrected chi connectivity index (χ0v) is 19.7. The van der Waals surface area contributed by atoms with Gasteiger partial charge in [0.25, 0.3) is 0 Å². The number of nitrogens with one attached hydrogen (secondary N) is 1. The first-order valence-corrected chi connectivity index (χ1v) is 9.53. The Kier molecular flexibility index (Phi) is 8.91. The van der Waals surface area contributed by atoms with Crippen molar-refractivity contribution >= 4 is 35.6 Å². The number of hydrogen-bond donors (Lipinski definition) is 2. The topological polar surface area (TPSA) is 81.8 Å². The van der Waals surface area contributed by atoms with Crippen molar-refractivity contribution in [3.8, 4) is 17.4 Å². The number of halogens is 1. The van der Waals surface area contributed by atoms with Gasteiger partial charge in [-0.15, -0.1) is 24.0 Å². The molecule has 1 aromatic heterocycles. The molecule has 7 heteroatoms. The van der Waals surface area contributed by atoms with E-state index >= 15 is 0 Å². The Labute approximate surface area is 194 Å². The Bertz CT molecular complexity index is 991. The average Bonchev–Trinajstić information content (AvgIpc) is 2.71. The normalized spacial score (nSPS) is 10.8. The maximum absolute atomic E-state index is 6.02. The first-order chi connectivity index (χ1) is 14.0. The van der Waals surface area contributed by atoms with Crippen LogP contribution in [-0.4, -0.2) is 17.6 Å². The van der Waals surface area contributed by atoms with Gasteiger partial charge in [-0.25, -0.2) is 9.98 Å². The van der Waals surface area contributed by atoms with E-state index in [0.29, 0.717) is 30.7 Å². The molecule has 0 aliphatic rings. The van der Waals surface area contributed by atoms with Gasteiger partial charge >= 0.3 is 0 Å². The van der Waals surface area contributed by atoms with Crippen LogP contribution >= 0.6 is 24.0 Å². The molecule has 0 spiro atoms. The number of aryl methyl sites for hydroxylation is 2. The lowest BCUT2D eigenvalue weighted by molar-refractivity contribution is 0.339. The van der Waals surface area contributed by atoms with E-state index in [2.05, 4.69) is 35.2 Å². The summed E-state index contributed by atoms with van der Waals surface area (Å²) in [6, 6.07) is 17.3. The zero-order valence-electron chi connectivity index (χ0n) is 17.4. The summed E-state index contributed by atoms with van der Waals surface area (Å²) >= 11 is 0. The fourth-order valence-electron chi connectivity index (χ4n) is 2.68. The van der Waals surface area contributed by atoms with Gasteiger partial charge in [0.15, 0.2) is 5.96 Å². The first-order valence-electron chi connectivity index (χ1n) is 9.53. The van der Waals surface area contributed by atoms with Crippen molar-refractivity contribution in [2.75, 3.05) is 11.9 Å². The number of aromatic nitrogens is 1. The molecular weight excluding hydrogens is 491 g/mol. The Hall–Kier alpha value is -2.81. The van der Waals surface area contributed by atoms with E-state index in [4.69, 9.17) is 15.2 Å². The van der Waals surface area contributed by atoms with Crippen molar-refractivity contribution < 1.29 is 9.47 Å². The number of guanidine groups is 1. The number of aliphatic imine (C=N–C) groups is 1. The van der Waals surface area contributed by atoms with Gasteiger partial charge < -0.3 is 20.5 Å². The molecule has 3 N–H and O–H groups in total. The summed E-state index contributed by atoms with van der Waals surface area (Å²) in [6.45, 7) is 7.15. The van der Waals surface area contributed by atoms with Crippen molar-refractivity contribution in [3.63, 3.8) is 0 Å². The van der Waals surface area contributed by atoms with E-state index in [1.54, 1.807) is 6.20 Å². The van der Waals surface area contributed by atoms with E-state index in [1.807, 2.05) is 55.5 Å². The maximum atomic E-state index is 6.02. The first kappa shape index (κ1) is 23.5. The Balaban J connectivity index is 0.00000320. The van der Waals surface area contributed by atoms with Gasteiger partial charge in [-0.3, -0.25) is 0 Å². The summed E-state index contributed by atoms with van der Waals surface area (Å²) in [6.07, 6.45) is 1.70. The van der Waals surface area contributed by atoms with Crippen LogP contribution in [0, 0.1) is 13.8 Å². The molecule has 0 fully saturated rings. The summed E-state index contributed by atoms with van der Waals surface area (Å²) in [4.78, 5) is 8.66. The minimum Gasteiger partial charge on any atom is -0.494 e. The molecule has 0 aliphatic carbocycles. The second-order valence-electron chi connectivity index (χ2n) is 6.63. The number of nitrogens with two attached hydrogens (primary N) is 1. The zero-order chi connectivity index (χ0) is 20.6. The number of nitrogens with zero attached hydrogens (tertiary/aromatic N) is 2. The summed E-state index contributed by atoms with van der Waals surface area (Å²) in [5, 5.41) is 3.12. The second kappa shape index (κ2) is 11.4.